The maximum absolute atomic E-state index is 13.2. The number of benzene rings is 4. The molecule has 5 heteroatoms. The minimum atomic E-state index is -0.603. The van der Waals surface area contributed by atoms with Crippen LogP contribution in [0.4, 0.5) is 4.39 Å². The van der Waals surface area contributed by atoms with Gasteiger partial charge in [-0.25, -0.2) is 14.0 Å². The molecule has 0 radical (unpaired) electrons. The number of fused-ring (bicyclic) bond motifs is 1. The molecule has 0 fully saturated rings. The summed E-state index contributed by atoms with van der Waals surface area (Å²) in [5, 5.41) is 1.20. The Hall–Kier alpha value is -4.51. The lowest BCUT2D eigenvalue weighted by atomic mass is 9.95. The Bertz CT molecular complexity index is 1370. The van der Waals surface area contributed by atoms with E-state index in [2.05, 4.69) is 13.2 Å². The van der Waals surface area contributed by atoms with Crippen LogP contribution < -0.4 is 9.47 Å². The van der Waals surface area contributed by atoms with Crippen LogP contribution in [0, 0.1) is 5.82 Å². The molecule has 4 aromatic carbocycles. The van der Waals surface area contributed by atoms with Crippen LogP contribution in [-0.2, 0) is 9.59 Å². The number of ether oxygens (including phenoxy) is 2. The van der Waals surface area contributed by atoms with Crippen LogP contribution in [0.15, 0.2) is 104 Å². The molecule has 0 spiro atoms. The van der Waals surface area contributed by atoms with Crippen molar-refractivity contribution in [2.75, 3.05) is 0 Å². The minimum absolute atomic E-state index is 0.291. The molecule has 0 unspecified atom stereocenters. The summed E-state index contributed by atoms with van der Waals surface area (Å²) in [5.41, 5.74) is 3.45. The normalized spacial score (nSPS) is 10.5. The molecular weight excluding hydrogens is 419 g/mol. The highest BCUT2D eigenvalue weighted by Crippen LogP contribution is 2.40. The lowest BCUT2D eigenvalue weighted by Gasteiger charge is -2.15. The van der Waals surface area contributed by atoms with Gasteiger partial charge in [-0.1, -0.05) is 67.8 Å². The highest BCUT2D eigenvalue weighted by molar-refractivity contribution is 6.06. The maximum Gasteiger partial charge on any atom is 0.335 e. The Morgan fingerprint density at radius 1 is 0.667 bits per heavy atom. The number of carbonyl (C=O) groups excluding carboxylic acids is 2. The van der Waals surface area contributed by atoms with E-state index in [-0.39, 0.29) is 5.82 Å². The lowest BCUT2D eigenvalue weighted by molar-refractivity contribution is -0.129. The van der Waals surface area contributed by atoms with Crippen LogP contribution in [0.1, 0.15) is 0 Å². The van der Waals surface area contributed by atoms with Gasteiger partial charge in [0.1, 0.15) is 17.3 Å². The average Bonchev–Trinajstić information content (AvgIpc) is 2.85. The zero-order valence-corrected chi connectivity index (χ0v) is 17.6. The Morgan fingerprint density at radius 2 is 1.18 bits per heavy atom. The number of hydrogen-bond acceptors (Lipinski definition) is 4. The Morgan fingerprint density at radius 3 is 1.79 bits per heavy atom. The van der Waals surface area contributed by atoms with Gasteiger partial charge in [-0.15, -0.1) is 0 Å². The van der Waals surface area contributed by atoms with E-state index >= 15 is 0 Å². The quantitative estimate of drug-likeness (QED) is 0.196. The Kier molecular flexibility index (Phi) is 6.13. The predicted molar refractivity (Wildman–Crippen MR) is 126 cm³/mol. The summed E-state index contributed by atoms with van der Waals surface area (Å²) in [6.45, 7) is 6.88. The van der Waals surface area contributed by atoms with Gasteiger partial charge < -0.3 is 9.47 Å². The van der Waals surface area contributed by atoms with E-state index in [4.69, 9.17) is 9.47 Å². The summed E-state index contributed by atoms with van der Waals surface area (Å²) < 4.78 is 24.1. The van der Waals surface area contributed by atoms with Gasteiger partial charge in [-0.2, -0.15) is 0 Å². The second kappa shape index (κ2) is 9.32. The van der Waals surface area contributed by atoms with Gasteiger partial charge in [-0.3, -0.25) is 0 Å². The first-order valence-corrected chi connectivity index (χ1v) is 10.1. The van der Waals surface area contributed by atoms with Crippen LogP contribution in [0.5, 0.6) is 11.5 Å². The topological polar surface area (TPSA) is 52.6 Å². The van der Waals surface area contributed by atoms with Crippen molar-refractivity contribution in [2.45, 2.75) is 0 Å². The van der Waals surface area contributed by atoms with Crippen LogP contribution in [0.3, 0.4) is 0 Å². The number of rotatable bonds is 6. The third-order valence-electron chi connectivity index (χ3n) is 5.09. The van der Waals surface area contributed by atoms with Crippen molar-refractivity contribution in [1.29, 1.82) is 0 Å². The Labute approximate surface area is 190 Å². The minimum Gasteiger partial charge on any atom is -0.423 e. The zero-order valence-electron chi connectivity index (χ0n) is 17.6. The molecule has 0 aromatic heterocycles. The smallest absolute Gasteiger partial charge is 0.335 e. The molecule has 0 heterocycles. The molecule has 4 rings (SSSR count). The van der Waals surface area contributed by atoms with Crippen LogP contribution >= 0.6 is 0 Å². The number of hydrogen-bond donors (Lipinski definition) is 0. The standard InChI is InChI=1S/C28H19FO4/c1-3-26(30)32-24-16-17-25(33-27(31)4-2)28-22(6-5-7-23(24)28)20-10-8-18(9-11-20)19-12-14-21(29)15-13-19/h3-17H,1-2H2. The molecule has 0 saturated carbocycles. The van der Waals surface area contributed by atoms with Crippen LogP contribution in [0.2, 0.25) is 0 Å². The largest absolute Gasteiger partial charge is 0.423 e. The molecule has 0 N–H and O–H groups in total. The predicted octanol–water partition coefficient (Wildman–Crippen LogP) is 6.50. The van der Waals surface area contributed by atoms with Gasteiger partial charge in [0.15, 0.2) is 0 Å². The highest BCUT2D eigenvalue weighted by atomic mass is 19.1. The summed E-state index contributed by atoms with van der Waals surface area (Å²) >= 11 is 0. The molecule has 0 aliphatic heterocycles. The number of halogens is 1. The molecule has 0 atom stereocenters. The van der Waals surface area contributed by atoms with Crippen molar-refractivity contribution in [3.8, 4) is 33.8 Å². The Balaban J connectivity index is 1.85. The first-order valence-electron chi connectivity index (χ1n) is 10.1. The first kappa shape index (κ1) is 21.7. The maximum atomic E-state index is 13.2. The highest BCUT2D eigenvalue weighted by Gasteiger charge is 2.16. The first-order chi connectivity index (χ1) is 16.0. The number of esters is 2. The fourth-order valence-corrected chi connectivity index (χ4v) is 3.55. The summed E-state index contributed by atoms with van der Waals surface area (Å²) in [4.78, 5) is 23.8. The third kappa shape index (κ3) is 4.57. The van der Waals surface area contributed by atoms with Gasteiger partial charge in [0.2, 0.25) is 0 Å². The summed E-state index contributed by atoms with van der Waals surface area (Å²) in [6, 6.07) is 22.6. The lowest BCUT2D eigenvalue weighted by Crippen LogP contribution is -2.06. The molecule has 0 aliphatic rings. The molecule has 4 aromatic rings. The molecular formula is C28H19FO4. The van der Waals surface area contributed by atoms with E-state index in [9.17, 15) is 14.0 Å². The van der Waals surface area contributed by atoms with E-state index in [1.807, 2.05) is 36.4 Å². The van der Waals surface area contributed by atoms with E-state index < -0.39 is 11.9 Å². The van der Waals surface area contributed by atoms with Crippen molar-refractivity contribution in [3.63, 3.8) is 0 Å². The van der Waals surface area contributed by atoms with Gasteiger partial charge in [0.05, 0.1) is 0 Å². The van der Waals surface area contributed by atoms with E-state index in [1.54, 1.807) is 30.3 Å². The molecule has 4 nitrogen and oxygen atoms in total. The third-order valence-corrected chi connectivity index (χ3v) is 5.09. The van der Waals surface area contributed by atoms with Gasteiger partial charge in [-0.05, 0) is 46.5 Å². The van der Waals surface area contributed by atoms with Gasteiger partial charge in [0.25, 0.3) is 0 Å². The monoisotopic (exact) mass is 438 g/mol. The van der Waals surface area contributed by atoms with Crippen LogP contribution in [-0.4, -0.2) is 11.9 Å². The van der Waals surface area contributed by atoms with Crippen molar-refractivity contribution in [2.24, 2.45) is 0 Å². The fraction of sp³-hybridized carbons (Fsp3) is 0. The molecule has 162 valence electrons. The van der Waals surface area contributed by atoms with E-state index in [1.165, 1.54) is 12.1 Å². The molecule has 0 aliphatic carbocycles. The second-order valence-corrected chi connectivity index (χ2v) is 7.12. The summed E-state index contributed by atoms with van der Waals surface area (Å²) in [5.74, 6) is -0.861. The van der Waals surface area contributed by atoms with Crippen molar-refractivity contribution < 1.29 is 23.5 Å². The summed E-state index contributed by atoms with van der Waals surface area (Å²) in [7, 11) is 0. The van der Waals surface area contributed by atoms with Gasteiger partial charge in [0, 0.05) is 22.9 Å². The van der Waals surface area contributed by atoms with E-state index in [0.29, 0.717) is 22.3 Å². The molecule has 0 saturated heterocycles. The second-order valence-electron chi connectivity index (χ2n) is 7.12. The van der Waals surface area contributed by atoms with Crippen LogP contribution in [0.25, 0.3) is 33.0 Å². The summed E-state index contributed by atoms with van der Waals surface area (Å²) in [6.07, 6.45) is 2.16. The average molecular weight is 438 g/mol. The fourth-order valence-electron chi connectivity index (χ4n) is 3.55. The molecule has 0 bridgehead atoms. The molecule has 0 amide bonds. The number of carbonyl (C=O) groups is 2. The van der Waals surface area contributed by atoms with Crippen molar-refractivity contribution in [1.82, 2.24) is 0 Å². The zero-order chi connectivity index (χ0) is 23.4. The molecule has 33 heavy (non-hydrogen) atoms. The van der Waals surface area contributed by atoms with Crippen molar-refractivity contribution >= 4 is 22.7 Å². The van der Waals surface area contributed by atoms with Gasteiger partial charge >= 0.3 is 11.9 Å². The van der Waals surface area contributed by atoms with Crippen molar-refractivity contribution in [3.05, 3.63) is 110 Å². The van der Waals surface area contributed by atoms with E-state index in [0.717, 1.165) is 34.4 Å². The SMILES string of the molecule is C=CC(=O)Oc1ccc(OC(=O)C=C)c2c(-c3ccc(-c4ccc(F)cc4)cc3)cccc12.